The predicted molar refractivity (Wildman–Crippen MR) is 93.8 cm³/mol. The molecule has 5 nitrogen and oxygen atoms in total. The largest absolute Gasteiger partial charge is 0.399 e. The lowest BCUT2D eigenvalue weighted by Crippen LogP contribution is -2.50. The van der Waals surface area contributed by atoms with Crippen LogP contribution < -0.4 is 5.73 Å². The number of carbonyl (C=O) groups excluding carboxylic acids is 2. The standard InChI is InChI=1S/C19H21N3O2/c1-14-5-7-15(8-6-14)18(23)21-9-11-22(12-10-21)19(24)16-3-2-4-17(20)13-16/h2-8,13H,9-12,20H2,1H3. The van der Waals surface area contributed by atoms with Crippen LogP contribution in [0.3, 0.4) is 0 Å². The zero-order valence-corrected chi connectivity index (χ0v) is 13.7. The van der Waals surface area contributed by atoms with Gasteiger partial charge >= 0.3 is 0 Å². The molecule has 5 heteroatoms. The maximum Gasteiger partial charge on any atom is 0.254 e. The van der Waals surface area contributed by atoms with Crippen LogP contribution in [-0.4, -0.2) is 47.8 Å². The zero-order valence-electron chi connectivity index (χ0n) is 13.7. The summed E-state index contributed by atoms with van der Waals surface area (Å²) in [4.78, 5) is 28.6. The Bertz CT molecular complexity index is 747. The lowest BCUT2D eigenvalue weighted by molar-refractivity contribution is 0.0535. The minimum atomic E-state index is -0.0373. The van der Waals surface area contributed by atoms with Crippen LogP contribution in [0.5, 0.6) is 0 Å². The average Bonchev–Trinajstić information content (AvgIpc) is 2.61. The van der Waals surface area contributed by atoms with Gasteiger partial charge in [-0.2, -0.15) is 0 Å². The highest BCUT2D eigenvalue weighted by Crippen LogP contribution is 2.14. The van der Waals surface area contributed by atoms with E-state index in [0.717, 1.165) is 5.56 Å². The zero-order chi connectivity index (χ0) is 17.1. The number of amides is 2. The molecule has 1 heterocycles. The van der Waals surface area contributed by atoms with Gasteiger partial charge in [0.05, 0.1) is 0 Å². The molecule has 1 fully saturated rings. The van der Waals surface area contributed by atoms with Crippen LogP contribution in [0.4, 0.5) is 5.69 Å². The summed E-state index contributed by atoms with van der Waals surface area (Å²) in [7, 11) is 0. The molecule has 1 aliphatic heterocycles. The van der Waals surface area contributed by atoms with Gasteiger partial charge in [-0.05, 0) is 37.3 Å². The first kappa shape index (κ1) is 16.1. The number of nitrogen functional groups attached to an aromatic ring is 1. The molecule has 0 unspecified atom stereocenters. The molecule has 2 aromatic carbocycles. The highest BCUT2D eigenvalue weighted by atomic mass is 16.2. The number of nitrogens with zero attached hydrogens (tertiary/aromatic N) is 2. The molecule has 0 radical (unpaired) electrons. The third kappa shape index (κ3) is 3.40. The molecular weight excluding hydrogens is 302 g/mol. The van der Waals surface area contributed by atoms with Crippen LogP contribution in [0.25, 0.3) is 0 Å². The van der Waals surface area contributed by atoms with Gasteiger partial charge in [-0.25, -0.2) is 0 Å². The van der Waals surface area contributed by atoms with E-state index in [2.05, 4.69) is 0 Å². The molecule has 2 aromatic rings. The van der Waals surface area contributed by atoms with Gasteiger partial charge in [0.2, 0.25) is 0 Å². The molecule has 0 atom stereocenters. The van der Waals surface area contributed by atoms with Crippen molar-refractivity contribution >= 4 is 17.5 Å². The van der Waals surface area contributed by atoms with Crippen molar-refractivity contribution in [2.24, 2.45) is 0 Å². The lowest BCUT2D eigenvalue weighted by Gasteiger charge is -2.35. The molecule has 1 saturated heterocycles. The van der Waals surface area contributed by atoms with E-state index in [9.17, 15) is 9.59 Å². The molecule has 0 aliphatic carbocycles. The van der Waals surface area contributed by atoms with Crippen molar-refractivity contribution in [3.05, 3.63) is 65.2 Å². The fourth-order valence-corrected chi connectivity index (χ4v) is 2.85. The normalized spacial score (nSPS) is 14.5. The van der Waals surface area contributed by atoms with Crippen LogP contribution in [0.1, 0.15) is 26.3 Å². The monoisotopic (exact) mass is 323 g/mol. The number of rotatable bonds is 2. The van der Waals surface area contributed by atoms with Gasteiger partial charge in [-0.3, -0.25) is 9.59 Å². The van der Waals surface area contributed by atoms with E-state index in [-0.39, 0.29) is 11.8 Å². The van der Waals surface area contributed by atoms with Gasteiger partial charge in [-0.15, -0.1) is 0 Å². The van der Waals surface area contributed by atoms with Gasteiger partial charge in [0.1, 0.15) is 0 Å². The van der Waals surface area contributed by atoms with E-state index < -0.39 is 0 Å². The second-order valence-electron chi connectivity index (χ2n) is 6.08. The first-order chi connectivity index (χ1) is 11.5. The number of carbonyl (C=O) groups is 2. The Morgan fingerprint density at radius 2 is 1.38 bits per heavy atom. The van der Waals surface area contributed by atoms with Crippen LogP contribution in [0.15, 0.2) is 48.5 Å². The highest BCUT2D eigenvalue weighted by Gasteiger charge is 2.25. The predicted octanol–water partition coefficient (Wildman–Crippen LogP) is 2.18. The lowest BCUT2D eigenvalue weighted by atomic mass is 10.1. The van der Waals surface area contributed by atoms with Crippen LogP contribution in [-0.2, 0) is 0 Å². The van der Waals surface area contributed by atoms with E-state index in [1.54, 1.807) is 34.1 Å². The van der Waals surface area contributed by atoms with Crippen molar-refractivity contribution in [3.8, 4) is 0 Å². The van der Waals surface area contributed by atoms with Crippen molar-refractivity contribution < 1.29 is 9.59 Å². The molecule has 0 aromatic heterocycles. The van der Waals surface area contributed by atoms with Crippen LogP contribution in [0.2, 0.25) is 0 Å². The summed E-state index contributed by atoms with van der Waals surface area (Å²) < 4.78 is 0. The van der Waals surface area contributed by atoms with Gasteiger partial charge in [-0.1, -0.05) is 23.8 Å². The minimum Gasteiger partial charge on any atom is -0.399 e. The smallest absolute Gasteiger partial charge is 0.254 e. The number of piperazine rings is 1. The summed E-state index contributed by atoms with van der Waals surface area (Å²) in [5.41, 5.74) is 8.73. The summed E-state index contributed by atoms with van der Waals surface area (Å²) >= 11 is 0. The highest BCUT2D eigenvalue weighted by molar-refractivity contribution is 5.96. The van der Waals surface area contributed by atoms with Crippen molar-refractivity contribution in [2.45, 2.75) is 6.92 Å². The molecule has 0 spiro atoms. The topological polar surface area (TPSA) is 66.6 Å². The van der Waals surface area contributed by atoms with Gasteiger partial charge in [0, 0.05) is 43.0 Å². The average molecular weight is 323 g/mol. The molecule has 1 aliphatic rings. The Balaban J connectivity index is 1.62. The SMILES string of the molecule is Cc1ccc(C(=O)N2CCN(C(=O)c3cccc(N)c3)CC2)cc1. The third-order valence-electron chi connectivity index (χ3n) is 4.29. The van der Waals surface area contributed by atoms with Crippen molar-refractivity contribution in [1.29, 1.82) is 0 Å². The maximum atomic E-state index is 12.5. The molecule has 24 heavy (non-hydrogen) atoms. The Morgan fingerprint density at radius 3 is 1.92 bits per heavy atom. The van der Waals surface area contributed by atoms with Gasteiger partial charge in [0.15, 0.2) is 0 Å². The summed E-state index contributed by atoms with van der Waals surface area (Å²) in [5, 5.41) is 0. The third-order valence-corrected chi connectivity index (χ3v) is 4.29. The number of hydrogen-bond acceptors (Lipinski definition) is 3. The number of anilines is 1. The summed E-state index contributed by atoms with van der Waals surface area (Å²) in [6.45, 7) is 4.15. The van der Waals surface area contributed by atoms with E-state index in [4.69, 9.17) is 5.73 Å². The number of benzene rings is 2. The summed E-state index contributed by atoms with van der Waals surface area (Å²) in [5.74, 6) is -0.0178. The van der Waals surface area contributed by atoms with E-state index in [1.807, 2.05) is 31.2 Å². The van der Waals surface area contributed by atoms with Crippen LogP contribution in [0, 0.1) is 6.92 Å². The fourth-order valence-electron chi connectivity index (χ4n) is 2.85. The second-order valence-corrected chi connectivity index (χ2v) is 6.08. The van der Waals surface area contributed by atoms with Gasteiger partial charge < -0.3 is 15.5 Å². The molecule has 3 rings (SSSR count). The van der Waals surface area contributed by atoms with E-state index in [0.29, 0.717) is 43.0 Å². The Labute approximate surface area is 141 Å². The van der Waals surface area contributed by atoms with Crippen molar-refractivity contribution in [3.63, 3.8) is 0 Å². The van der Waals surface area contributed by atoms with Crippen LogP contribution >= 0.6 is 0 Å². The maximum absolute atomic E-state index is 12.5. The molecule has 0 bridgehead atoms. The molecular formula is C19H21N3O2. The van der Waals surface area contributed by atoms with Crippen molar-refractivity contribution in [1.82, 2.24) is 9.80 Å². The van der Waals surface area contributed by atoms with E-state index >= 15 is 0 Å². The van der Waals surface area contributed by atoms with E-state index in [1.165, 1.54) is 0 Å². The first-order valence-electron chi connectivity index (χ1n) is 8.05. The Kier molecular flexibility index (Phi) is 4.51. The van der Waals surface area contributed by atoms with Crippen molar-refractivity contribution in [2.75, 3.05) is 31.9 Å². The first-order valence-corrected chi connectivity index (χ1v) is 8.05. The quantitative estimate of drug-likeness (QED) is 0.861. The summed E-state index contributed by atoms with van der Waals surface area (Å²) in [6.07, 6.45) is 0. The molecule has 124 valence electrons. The number of nitrogens with two attached hydrogens (primary N) is 1. The minimum absolute atomic E-state index is 0.0195. The molecule has 2 N–H and O–H groups in total. The van der Waals surface area contributed by atoms with Gasteiger partial charge in [0.25, 0.3) is 11.8 Å². The second kappa shape index (κ2) is 6.74. The Morgan fingerprint density at radius 1 is 0.833 bits per heavy atom. The Hall–Kier alpha value is -2.82. The summed E-state index contributed by atoms with van der Waals surface area (Å²) in [6, 6.07) is 14.6. The molecule has 0 saturated carbocycles. The molecule has 2 amide bonds. The number of hydrogen-bond donors (Lipinski definition) is 1. The fraction of sp³-hybridized carbons (Fsp3) is 0.263. The number of aryl methyl sites for hydroxylation is 1.